The number of anilines is 3. The van der Waals surface area contributed by atoms with Crippen molar-refractivity contribution >= 4 is 39.8 Å². The summed E-state index contributed by atoms with van der Waals surface area (Å²) in [5, 5.41) is 4.84. The number of aromatic amines is 1. The fourth-order valence-electron chi connectivity index (χ4n) is 5.55. The number of hydrogen-bond donors (Lipinski definition) is 2. The number of hydrogen-bond acceptors (Lipinski definition) is 6. The number of halogens is 2. The number of piperidine rings is 1. The van der Waals surface area contributed by atoms with Crippen LogP contribution in [-0.4, -0.2) is 65.4 Å². The molecule has 6 rings (SSSR count). The number of H-pyrrole nitrogens is 1. The number of fused-ring (bicyclic) bond motifs is 1. The van der Waals surface area contributed by atoms with Crippen LogP contribution in [0.15, 0.2) is 54.9 Å². The van der Waals surface area contributed by atoms with Gasteiger partial charge in [0.2, 0.25) is 5.95 Å². The molecule has 0 radical (unpaired) electrons. The van der Waals surface area contributed by atoms with Crippen molar-refractivity contribution in [2.45, 2.75) is 31.5 Å². The molecule has 2 N–H and O–H groups in total. The van der Waals surface area contributed by atoms with Crippen LogP contribution in [-0.2, 0) is 0 Å². The van der Waals surface area contributed by atoms with Gasteiger partial charge in [-0.3, -0.25) is 4.90 Å². The Morgan fingerprint density at radius 1 is 1.11 bits per heavy atom. The number of nitrogens with one attached hydrogen (secondary N) is 2. The number of methoxy groups -OCH3 is 1. The van der Waals surface area contributed by atoms with Crippen LogP contribution in [0.4, 0.5) is 21.7 Å². The highest BCUT2D eigenvalue weighted by molar-refractivity contribution is 6.33. The number of nitrogens with zero attached hydrogens (tertiary/aromatic N) is 4. The van der Waals surface area contributed by atoms with Crippen molar-refractivity contribution in [2.75, 3.05) is 43.5 Å². The summed E-state index contributed by atoms with van der Waals surface area (Å²) in [6.45, 7) is 3.37. The maximum absolute atomic E-state index is 13.6. The van der Waals surface area contributed by atoms with Crippen molar-refractivity contribution in [1.82, 2.24) is 19.9 Å². The van der Waals surface area contributed by atoms with E-state index in [0.29, 0.717) is 41.4 Å². The van der Waals surface area contributed by atoms with E-state index in [1.165, 1.54) is 0 Å². The second-order valence-electron chi connectivity index (χ2n) is 9.75. The highest BCUT2D eigenvalue weighted by atomic mass is 35.5. The van der Waals surface area contributed by atoms with Crippen LogP contribution in [0.1, 0.15) is 19.3 Å². The number of aromatic nitrogens is 3. The predicted octanol–water partition coefficient (Wildman–Crippen LogP) is 6.04. The monoisotopic (exact) mass is 520 g/mol. The summed E-state index contributed by atoms with van der Waals surface area (Å²) >= 11 is 6.50. The highest BCUT2D eigenvalue weighted by Crippen LogP contribution is 2.36. The van der Waals surface area contributed by atoms with Crippen LogP contribution in [0.25, 0.3) is 22.2 Å². The van der Waals surface area contributed by atoms with E-state index < -0.39 is 6.17 Å². The largest absolute Gasteiger partial charge is 0.494 e. The first kappa shape index (κ1) is 24.0. The fraction of sp³-hybridized carbons (Fsp3) is 0.357. The molecule has 2 aromatic heterocycles. The van der Waals surface area contributed by atoms with Crippen molar-refractivity contribution in [3.8, 4) is 17.0 Å². The van der Waals surface area contributed by atoms with Crippen LogP contribution in [0.5, 0.6) is 5.75 Å². The molecule has 0 aliphatic carbocycles. The Hall–Kier alpha value is -3.36. The summed E-state index contributed by atoms with van der Waals surface area (Å²) in [6, 6.07) is 14.7. The van der Waals surface area contributed by atoms with Crippen molar-refractivity contribution in [1.29, 1.82) is 0 Å². The molecule has 1 atom stereocenters. The summed E-state index contributed by atoms with van der Waals surface area (Å²) in [6.07, 6.45) is 5.64. The van der Waals surface area contributed by atoms with Crippen molar-refractivity contribution in [2.24, 2.45) is 0 Å². The Morgan fingerprint density at radius 3 is 2.73 bits per heavy atom. The average Bonchev–Trinajstić information content (AvgIpc) is 3.56. The molecular formula is C28H30ClFN6O. The first-order valence-electron chi connectivity index (χ1n) is 12.8. The SMILES string of the molecule is COc1cc(N2CCC(N3CCC(F)C3)CC2)ccc1Nc1ncc(Cl)c(-c2c[nH]c3ccccc23)n1. The fourth-order valence-corrected chi connectivity index (χ4v) is 5.74. The molecule has 4 aromatic rings. The molecule has 0 amide bonds. The first-order valence-corrected chi connectivity index (χ1v) is 13.1. The molecule has 2 aromatic carbocycles. The van der Waals surface area contributed by atoms with E-state index >= 15 is 0 Å². The molecule has 4 heterocycles. The molecular weight excluding hydrogens is 491 g/mol. The summed E-state index contributed by atoms with van der Waals surface area (Å²) in [5.41, 5.74) is 4.50. The number of para-hydroxylation sites is 1. The van der Waals surface area contributed by atoms with Gasteiger partial charge >= 0.3 is 0 Å². The van der Waals surface area contributed by atoms with Gasteiger partial charge in [0.1, 0.15) is 11.9 Å². The normalized spacial score (nSPS) is 19.0. The number of likely N-dealkylation sites (tertiary alicyclic amines) is 1. The van der Waals surface area contributed by atoms with Crippen LogP contribution >= 0.6 is 11.6 Å². The molecule has 192 valence electrons. The molecule has 0 bridgehead atoms. The summed E-state index contributed by atoms with van der Waals surface area (Å²) < 4.78 is 19.4. The molecule has 1 unspecified atom stereocenters. The van der Waals surface area contributed by atoms with E-state index in [-0.39, 0.29) is 0 Å². The first-order chi connectivity index (χ1) is 18.1. The molecule has 2 fully saturated rings. The lowest BCUT2D eigenvalue weighted by atomic mass is 10.0. The number of alkyl halides is 1. The third kappa shape index (κ3) is 4.83. The van der Waals surface area contributed by atoms with E-state index in [1.807, 2.05) is 42.6 Å². The van der Waals surface area contributed by atoms with E-state index in [1.54, 1.807) is 13.3 Å². The average molecular weight is 521 g/mol. The standard InChI is InChI=1S/C28H30ClFN6O/c1-37-26-14-20(35-12-9-19(10-13-35)36-11-8-18(30)17-36)6-7-25(26)33-28-32-16-23(29)27(34-28)22-15-31-24-5-3-2-4-21(22)24/h2-7,14-16,18-19,31H,8-13,17H2,1H3,(H,32,33,34). The minimum Gasteiger partial charge on any atom is -0.494 e. The Kier molecular flexibility index (Phi) is 6.61. The van der Waals surface area contributed by atoms with E-state index in [2.05, 4.69) is 31.2 Å². The van der Waals surface area contributed by atoms with Gasteiger partial charge in [-0.2, -0.15) is 0 Å². The van der Waals surface area contributed by atoms with Gasteiger partial charge in [-0.25, -0.2) is 14.4 Å². The van der Waals surface area contributed by atoms with Crippen molar-refractivity contribution in [3.63, 3.8) is 0 Å². The molecule has 37 heavy (non-hydrogen) atoms. The number of benzene rings is 2. The Balaban J connectivity index is 1.19. The van der Waals surface area contributed by atoms with Gasteiger partial charge < -0.3 is 19.9 Å². The van der Waals surface area contributed by atoms with Gasteiger partial charge in [0, 0.05) is 66.6 Å². The zero-order valence-electron chi connectivity index (χ0n) is 20.8. The van der Waals surface area contributed by atoms with E-state index in [9.17, 15) is 4.39 Å². The lowest BCUT2D eigenvalue weighted by Gasteiger charge is -2.38. The summed E-state index contributed by atoms with van der Waals surface area (Å²) in [7, 11) is 1.66. The van der Waals surface area contributed by atoms with Crippen LogP contribution in [0.2, 0.25) is 5.02 Å². The van der Waals surface area contributed by atoms with E-state index in [4.69, 9.17) is 21.3 Å². The third-order valence-corrected chi connectivity index (χ3v) is 7.80. The smallest absolute Gasteiger partial charge is 0.227 e. The van der Waals surface area contributed by atoms with Crippen LogP contribution in [0.3, 0.4) is 0 Å². The maximum Gasteiger partial charge on any atom is 0.227 e. The Labute approximate surface area is 220 Å². The van der Waals surface area contributed by atoms with Crippen LogP contribution in [0, 0.1) is 0 Å². The molecule has 7 nitrogen and oxygen atoms in total. The lowest BCUT2D eigenvalue weighted by Crippen LogP contribution is -2.44. The van der Waals surface area contributed by atoms with Gasteiger partial charge in [0.15, 0.2) is 0 Å². The molecule has 0 spiro atoms. The topological polar surface area (TPSA) is 69.3 Å². The highest BCUT2D eigenvalue weighted by Gasteiger charge is 2.30. The molecule has 9 heteroatoms. The second kappa shape index (κ2) is 10.2. The summed E-state index contributed by atoms with van der Waals surface area (Å²) in [5.74, 6) is 1.15. The predicted molar refractivity (Wildman–Crippen MR) is 147 cm³/mol. The zero-order chi connectivity index (χ0) is 25.4. The molecule has 0 saturated carbocycles. The zero-order valence-corrected chi connectivity index (χ0v) is 21.5. The minimum absolute atomic E-state index is 0.438. The molecule has 2 saturated heterocycles. The van der Waals surface area contributed by atoms with Gasteiger partial charge in [0.25, 0.3) is 0 Å². The quantitative estimate of drug-likeness (QED) is 0.323. The molecule has 2 aliphatic heterocycles. The Morgan fingerprint density at radius 2 is 1.95 bits per heavy atom. The summed E-state index contributed by atoms with van der Waals surface area (Å²) in [4.78, 5) is 17.1. The van der Waals surface area contributed by atoms with Gasteiger partial charge in [-0.05, 0) is 37.5 Å². The van der Waals surface area contributed by atoms with Crippen LogP contribution < -0.4 is 15.0 Å². The maximum atomic E-state index is 13.6. The Bertz CT molecular complexity index is 1400. The number of ether oxygens (including phenoxy) is 1. The van der Waals surface area contributed by atoms with Crippen molar-refractivity contribution in [3.05, 3.63) is 59.9 Å². The lowest BCUT2D eigenvalue weighted by molar-refractivity contribution is 0.192. The minimum atomic E-state index is -0.662. The third-order valence-electron chi connectivity index (χ3n) is 7.53. The molecule has 2 aliphatic rings. The van der Waals surface area contributed by atoms with Gasteiger partial charge in [0.05, 0.1) is 29.7 Å². The van der Waals surface area contributed by atoms with Gasteiger partial charge in [-0.15, -0.1) is 0 Å². The van der Waals surface area contributed by atoms with Gasteiger partial charge in [-0.1, -0.05) is 29.8 Å². The van der Waals surface area contributed by atoms with Crippen molar-refractivity contribution < 1.29 is 9.13 Å². The second-order valence-corrected chi connectivity index (χ2v) is 10.2. The van der Waals surface area contributed by atoms with E-state index in [0.717, 1.165) is 60.3 Å². The number of rotatable bonds is 6.